The van der Waals surface area contributed by atoms with Gasteiger partial charge in [-0.05, 0) is 50.2 Å². The van der Waals surface area contributed by atoms with E-state index in [1.54, 1.807) is 31.4 Å². The number of ether oxygens (including phenoxy) is 2. The lowest BCUT2D eigenvalue weighted by Gasteiger charge is -2.11. The molecule has 2 rings (SSSR count). The van der Waals surface area contributed by atoms with Crippen molar-refractivity contribution in [3.63, 3.8) is 0 Å². The lowest BCUT2D eigenvalue weighted by atomic mass is 10.2. The summed E-state index contributed by atoms with van der Waals surface area (Å²) in [6.07, 6.45) is 1.17. The van der Waals surface area contributed by atoms with Gasteiger partial charge in [-0.3, -0.25) is 9.59 Å². The highest BCUT2D eigenvalue weighted by Crippen LogP contribution is 2.17. The Morgan fingerprint density at radius 3 is 2.44 bits per heavy atom. The van der Waals surface area contributed by atoms with E-state index in [0.29, 0.717) is 17.2 Å². The number of nitrogens with one attached hydrogen (secondary N) is 2. The van der Waals surface area contributed by atoms with Crippen LogP contribution in [0.15, 0.2) is 53.6 Å². The Morgan fingerprint density at radius 1 is 1.07 bits per heavy atom. The van der Waals surface area contributed by atoms with Crippen LogP contribution >= 0.6 is 0 Å². The van der Waals surface area contributed by atoms with Gasteiger partial charge in [-0.2, -0.15) is 5.10 Å². The molecule has 0 saturated carbocycles. The van der Waals surface area contributed by atoms with E-state index in [2.05, 4.69) is 15.8 Å². The van der Waals surface area contributed by atoms with Crippen LogP contribution in [0.25, 0.3) is 0 Å². The maximum absolute atomic E-state index is 11.9. The molecule has 0 heterocycles. The third kappa shape index (κ3) is 6.81. The van der Waals surface area contributed by atoms with Crippen LogP contribution < -0.4 is 20.2 Å². The van der Waals surface area contributed by atoms with E-state index in [4.69, 9.17) is 9.47 Å². The standard InChI is InChI=1S/C20H23N3O4/c1-14(2)27-18-7-5-4-6-15(18)13-21-23-20(25)12-19(24)22-16-8-10-17(26-3)11-9-16/h4-11,13-14H,12H2,1-3H3,(H,22,24)(H,23,25). The number of hydrazone groups is 1. The van der Waals surface area contributed by atoms with Gasteiger partial charge in [-0.25, -0.2) is 5.43 Å². The second-order valence-corrected chi connectivity index (χ2v) is 5.95. The van der Waals surface area contributed by atoms with E-state index in [-0.39, 0.29) is 12.5 Å². The number of methoxy groups -OCH3 is 1. The number of benzene rings is 2. The molecule has 27 heavy (non-hydrogen) atoms. The first-order chi connectivity index (χ1) is 13.0. The molecule has 0 aromatic heterocycles. The summed E-state index contributed by atoms with van der Waals surface area (Å²) in [4.78, 5) is 23.8. The summed E-state index contributed by atoms with van der Waals surface area (Å²) in [5, 5.41) is 6.53. The highest BCUT2D eigenvalue weighted by atomic mass is 16.5. The normalized spacial score (nSPS) is 10.7. The Hall–Kier alpha value is -3.35. The predicted molar refractivity (Wildman–Crippen MR) is 104 cm³/mol. The number of hydrogen-bond acceptors (Lipinski definition) is 5. The summed E-state index contributed by atoms with van der Waals surface area (Å²) in [6.45, 7) is 3.86. The lowest BCUT2D eigenvalue weighted by Crippen LogP contribution is -2.24. The van der Waals surface area contributed by atoms with Gasteiger partial charge in [0.15, 0.2) is 0 Å². The van der Waals surface area contributed by atoms with Gasteiger partial charge in [0.25, 0.3) is 0 Å². The fourth-order valence-corrected chi connectivity index (χ4v) is 2.19. The second-order valence-electron chi connectivity index (χ2n) is 5.95. The lowest BCUT2D eigenvalue weighted by molar-refractivity contribution is -0.126. The summed E-state index contributed by atoms with van der Waals surface area (Å²) in [7, 11) is 1.56. The van der Waals surface area contributed by atoms with Gasteiger partial charge in [0.1, 0.15) is 17.9 Å². The van der Waals surface area contributed by atoms with Crippen molar-refractivity contribution in [2.45, 2.75) is 26.4 Å². The minimum atomic E-state index is -0.514. The van der Waals surface area contributed by atoms with Crippen molar-refractivity contribution in [2.24, 2.45) is 5.10 Å². The molecule has 0 bridgehead atoms. The van der Waals surface area contributed by atoms with Crippen LogP contribution in [-0.4, -0.2) is 31.2 Å². The zero-order valence-electron chi connectivity index (χ0n) is 15.6. The Balaban J connectivity index is 1.85. The van der Waals surface area contributed by atoms with Gasteiger partial charge >= 0.3 is 0 Å². The molecule has 0 atom stereocenters. The highest BCUT2D eigenvalue weighted by Gasteiger charge is 2.09. The number of carbonyl (C=O) groups excluding carboxylic acids is 2. The zero-order chi connectivity index (χ0) is 19.6. The minimum Gasteiger partial charge on any atom is -0.497 e. The van der Waals surface area contributed by atoms with E-state index in [1.807, 2.05) is 38.1 Å². The molecule has 0 spiro atoms. The smallest absolute Gasteiger partial charge is 0.249 e. The van der Waals surface area contributed by atoms with Crippen LogP contribution in [0.4, 0.5) is 5.69 Å². The monoisotopic (exact) mass is 369 g/mol. The number of hydrogen-bond donors (Lipinski definition) is 2. The average Bonchev–Trinajstić information content (AvgIpc) is 2.63. The summed E-state index contributed by atoms with van der Waals surface area (Å²) in [6, 6.07) is 14.2. The van der Waals surface area contributed by atoms with Crippen molar-refractivity contribution in [2.75, 3.05) is 12.4 Å². The van der Waals surface area contributed by atoms with E-state index >= 15 is 0 Å². The average molecular weight is 369 g/mol. The molecular formula is C20H23N3O4. The number of para-hydroxylation sites is 1. The summed E-state index contributed by atoms with van der Waals surface area (Å²) < 4.78 is 10.7. The number of amides is 2. The topological polar surface area (TPSA) is 89.0 Å². The molecule has 0 aliphatic heterocycles. The zero-order valence-corrected chi connectivity index (χ0v) is 15.6. The molecule has 2 aromatic rings. The Labute approximate surface area is 158 Å². The summed E-state index contributed by atoms with van der Waals surface area (Å²) in [5.41, 5.74) is 3.65. The van der Waals surface area contributed by atoms with Crippen molar-refractivity contribution >= 4 is 23.7 Å². The van der Waals surface area contributed by atoms with Crippen molar-refractivity contribution in [3.05, 3.63) is 54.1 Å². The molecule has 2 amide bonds. The van der Waals surface area contributed by atoms with Crippen molar-refractivity contribution in [1.82, 2.24) is 5.43 Å². The van der Waals surface area contributed by atoms with Gasteiger partial charge < -0.3 is 14.8 Å². The Bertz CT molecular complexity index is 801. The van der Waals surface area contributed by atoms with Crippen molar-refractivity contribution in [3.8, 4) is 11.5 Å². The molecule has 142 valence electrons. The highest BCUT2D eigenvalue weighted by molar-refractivity contribution is 6.03. The third-order valence-electron chi connectivity index (χ3n) is 3.37. The van der Waals surface area contributed by atoms with Crippen molar-refractivity contribution in [1.29, 1.82) is 0 Å². The molecule has 0 radical (unpaired) electrons. The maximum Gasteiger partial charge on any atom is 0.249 e. The summed E-state index contributed by atoms with van der Waals surface area (Å²) in [5.74, 6) is 0.403. The first kappa shape index (κ1) is 20.0. The van der Waals surface area contributed by atoms with Gasteiger partial charge in [-0.1, -0.05) is 12.1 Å². The molecule has 7 nitrogen and oxygen atoms in total. The molecule has 7 heteroatoms. The van der Waals surface area contributed by atoms with Crippen LogP contribution in [0.2, 0.25) is 0 Å². The quantitative estimate of drug-likeness (QED) is 0.425. The van der Waals surface area contributed by atoms with Crippen LogP contribution in [0.1, 0.15) is 25.8 Å². The number of rotatable bonds is 8. The molecule has 2 N–H and O–H groups in total. The number of carbonyl (C=O) groups is 2. The molecule has 0 saturated heterocycles. The fourth-order valence-electron chi connectivity index (χ4n) is 2.19. The minimum absolute atomic E-state index is 0.0239. The first-order valence-corrected chi connectivity index (χ1v) is 8.49. The van der Waals surface area contributed by atoms with Gasteiger partial charge in [0.2, 0.25) is 11.8 Å². The molecule has 0 aliphatic rings. The van der Waals surface area contributed by atoms with Gasteiger partial charge in [0, 0.05) is 11.3 Å². The second kappa shape index (κ2) is 9.96. The molecule has 0 aliphatic carbocycles. The van der Waals surface area contributed by atoms with Crippen LogP contribution in [0.5, 0.6) is 11.5 Å². The van der Waals surface area contributed by atoms with Crippen molar-refractivity contribution < 1.29 is 19.1 Å². The van der Waals surface area contributed by atoms with E-state index < -0.39 is 11.8 Å². The van der Waals surface area contributed by atoms with E-state index in [1.165, 1.54) is 6.21 Å². The molecule has 0 fully saturated rings. The number of anilines is 1. The van der Waals surface area contributed by atoms with E-state index in [9.17, 15) is 9.59 Å². The molecular weight excluding hydrogens is 346 g/mol. The first-order valence-electron chi connectivity index (χ1n) is 8.49. The maximum atomic E-state index is 11.9. The largest absolute Gasteiger partial charge is 0.497 e. The predicted octanol–water partition coefficient (Wildman–Crippen LogP) is 2.96. The van der Waals surface area contributed by atoms with Crippen LogP contribution in [0.3, 0.4) is 0 Å². The molecule has 0 unspecified atom stereocenters. The molecule has 2 aromatic carbocycles. The van der Waals surface area contributed by atoms with Gasteiger partial charge in [-0.15, -0.1) is 0 Å². The van der Waals surface area contributed by atoms with E-state index in [0.717, 1.165) is 5.56 Å². The van der Waals surface area contributed by atoms with Crippen LogP contribution in [0, 0.1) is 0 Å². The summed E-state index contributed by atoms with van der Waals surface area (Å²) >= 11 is 0. The van der Waals surface area contributed by atoms with Crippen LogP contribution in [-0.2, 0) is 9.59 Å². The number of nitrogens with zero attached hydrogens (tertiary/aromatic N) is 1. The Kier molecular flexibility index (Phi) is 7.37. The Morgan fingerprint density at radius 2 is 1.78 bits per heavy atom. The fraction of sp³-hybridized carbons (Fsp3) is 0.250. The third-order valence-corrected chi connectivity index (χ3v) is 3.37. The van der Waals surface area contributed by atoms with Gasteiger partial charge in [0.05, 0.1) is 19.4 Å². The SMILES string of the molecule is COc1ccc(NC(=O)CC(=O)NN=Cc2ccccc2OC(C)C)cc1.